The van der Waals surface area contributed by atoms with E-state index in [4.69, 9.17) is 14.2 Å². The number of methoxy groups -OCH3 is 1. The topological polar surface area (TPSA) is 47.9 Å². The van der Waals surface area contributed by atoms with Crippen molar-refractivity contribution in [3.8, 4) is 5.75 Å². The van der Waals surface area contributed by atoms with E-state index >= 15 is 0 Å². The van der Waals surface area contributed by atoms with Gasteiger partial charge >= 0.3 is 0 Å². The van der Waals surface area contributed by atoms with Crippen LogP contribution in [0.1, 0.15) is 24.5 Å². The van der Waals surface area contributed by atoms with Gasteiger partial charge in [-0.15, -0.1) is 0 Å². The van der Waals surface area contributed by atoms with Crippen molar-refractivity contribution in [2.24, 2.45) is 11.8 Å². The van der Waals surface area contributed by atoms with Crippen molar-refractivity contribution in [2.45, 2.75) is 25.0 Å². The molecule has 4 atom stereocenters. The van der Waals surface area contributed by atoms with Gasteiger partial charge in [-0.05, 0) is 30.7 Å². The molecule has 3 rings (SSSR count). The minimum absolute atomic E-state index is 0.0251. The smallest absolute Gasteiger partial charge is 0.124 e. The van der Waals surface area contributed by atoms with Crippen molar-refractivity contribution in [1.29, 1.82) is 0 Å². The van der Waals surface area contributed by atoms with Gasteiger partial charge in [-0.1, -0.05) is 18.2 Å². The summed E-state index contributed by atoms with van der Waals surface area (Å²) in [6.07, 6.45) is 1.99. The maximum absolute atomic E-state index is 9.66. The van der Waals surface area contributed by atoms with Crippen molar-refractivity contribution in [1.82, 2.24) is 0 Å². The van der Waals surface area contributed by atoms with Gasteiger partial charge in [0.2, 0.25) is 0 Å². The second-order valence-electron chi connectivity index (χ2n) is 5.70. The Kier molecular flexibility index (Phi) is 4.24. The van der Waals surface area contributed by atoms with E-state index in [0.29, 0.717) is 11.8 Å². The predicted molar refractivity (Wildman–Crippen MR) is 74.7 cm³/mol. The Labute approximate surface area is 119 Å². The third-order valence-corrected chi connectivity index (χ3v) is 4.47. The molecule has 1 aromatic carbocycles. The monoisotopic (exact) mass is 278 g/mol. The second-order valence-corrected chi connectivity index (χ2v) is 5.70. The van der Waals surface area contributed by atoms with Gasteiger partial charge in [0.15, 0.2) is 0 Å². The lowest BCUT2D eigenvalue weighted by molar-refractivity contribution is -0.0450. The van der Waals surface area contributed by atoms with E-state index in [2.05, 4.69) is 0 Å². The van der Waals surface area contributed by atoms with Gasteiger partial charge in [0.1, 0.15) is 11.9 Å². The number of hydrogen-bond donors (Lipinski definition) is 1. The zero-order valence-electron chi connectivity index (χ0n) is 11.8. The minimum atomic E-state index is -0.309. The van der Waals surface area contributed by atoms with Crippen LogP contribution in [-0.4, -0.2) is 38.1 Å². The maximum atomic E-state index is 9.66. The van der Waals surface area contributed by atoms with E-state index in [0.717, 1.165) is 37.4 Å². The van der Waals surface area contributed by atoms with Crippen LogP contribution in [0.4, 0.5) is 0 Å². The van der Waals surface area contributed by atoms with Crippen LogP contribution in [-0.2, 0) is 9.47 Å². The normalized spacial score (nSPS) is 30.2. The molecule has 1 aliphatic heterocycles. The standard InChI is InChI=1S/C16H22O4/c1-18-15-5-3-2-4-14(15)16(8-17)20-13-6-11-9-19-10-12(11)7-13/h2-5,11-13,16-17H,6-10H2,1H3/t11-,12+,13-,16?. The number of rotatable bonds is 5. The first-order chi connectivity index (χ1) is 9.81. The lowest BCUT2D eigenvalue weighted by Gasteiger charge is -2.23. The molecule has 1 N–H and O–H groups in total. The van der Waals surface area contributed by atoms with E-state index in [-0.39, 0.29) is 18.8 Å². The average molecular weight is 278 g/mol. The van der Waals surface area contributed by atoms with Crippen molar-refractivity contribution in [2.75, 3.05) is 26.9 Å². The summed E-state index contributed by atoms with van der Waals surface area (Å²) >= 11 is 0. The first-order valence-electron chi connectivity index (χ1n) is 7.28. The summed E-state index contributed by atoms with van der Waals surface area (Å²) < 4.78 is 17.0. The summed E-state index contributed by atoms with van der Waals surface area (Å²) in [5.74, 6) is 2.04. The van der Waals surface area contributed by atoms with E-state index in [1.165, 1.54) is 0 Å². The van der Waals surface area contributed by atoms with E-state index in [1.807, 2.05) is 24.3 Å². The molecule has 0 aromatic heterocycles. The predicted octanol–water partition coefficient (Wildman–Crippen LogP) is 2.17. The van der Waals surface area contributed by atoms with Crippen LogP contribution in [0.3, 0.4) is 0 Å². The molecular formula is C16H22O4. The molecule has 110 valence electrons. The number of aliphatic hydroxyl groups is 1. The fraction of sp³-hybridized carbons (Fsp3) is 0.625. The summed E-state index contributed by atoms with van der Waals surface area (Å²) in [5, 5.41) is 9.66. The highest BCUT2D eigenvalue weighted by Crippen LogP contribution is 2.40. The van der Waals surface area contributed by atoms with Crippen LogP contribution in [0.5, 0.6) is 5.75 Å². The molecule has 0 bridgehead atoms. The summed E-state index contributed by atoms with van der Waals surface area (Å²) in [5.41, 5.74) is 0.922. The molecule has 1 aliphatic carbocycles. The molecule has 4 heteroatoms. The van der Waals surface area contributed by atoms with Crippen LogP contribution in [0.2, 0.25) is 0 Å². The van der Waals surface area contributed by atoms with Gasteiger partial charge in [-0.3, -0.25) is 0 Å². The Morgan fingerprint density at radius 2 is 1.95 bits per heavy atom. The first-order valence-corrected chi connectivity index (χ1v) is 7.28. The number of aliphatic hydroxyl groups excluding tert-OH is 1. The summed E-state index contributed by atoms with van der Waals surface area (Å²) in [7, 11) is 1.64. The molecule has 2 aliphatic rings. The molecule has 20 heavy (non-hydrogen) atoms. The van der Waals surface area contributed by atoms with Gasteiger partial charge in [0, 0.05) is 18.8 Å². The fourth-order valence-electron chi connectivity index (χ4n) is 3.43. The van der Waals surface area contributed by atoms with Gasteiger partial charge in [-0.2, -0.15) is 0 Å². The molecule has 0 spiro atoms. The van der Waals surface area contributed by atoms with E-state index < -0.39 is 0 Å². The Bertz CT molecular complexity index is 436. The SMILES string of the molecule is COc1ccccc1C(CO)O[C@H]1C[C@H]2COC[C@H]2C1. The minimum Gasteiger partial charge on any atom is -0.496 e. The van der Waals surface area contributed by atoms with E-state index in [1.54, 1.807) is 7.11 Å². The highest BCUT2D eigenvalue weighted by atomic mass is 16.5. The molecule has 1 saturated carbocycles. The number of hydrogen-bond acceptors (Lipinski definition) is 4. The van der Waals surface area contributed by atoms with Gasteiger partial charge in [0.05, 0.1) is 19.8 Å². The molecule has 0 radical (unpaired) electrons. The largest absolute Gasteiger partial charge is 0.496 e. The third kappa shape index (κ3) is 2.68. The zero-order valence-corrected chi connectivity index (χ0v) is 11.8. The molecule has 1 unspecified atom stereocenters. The Morgan fingerprint density at radius 3 is 2.60 bits per heavy atom. The maximum Gasteiger partial charge on any atom is 0.124 e. The highest BCUT2D eigenvalue weighted by molar-refractivity contribution is 5.35. The Balaban J connectivity index is 1.68. The summed E-state index contributed by atoms with van der Waals surface area (Å²) in [6.45, 7) is 1.70. The quantitative estimate of drug-likeness (QED) is 0.896. The van der Waals surface area contributed by atoms with Crippen LogP contribution < -0.4 is 4.74 Å². The van der Waals surface area contributed by atoms with Gasteiger partial charge in [-0.25, -0.2) is 0 Å². The van der Waals surface area contributed by atoms with Crippen LogP contribution in [0, 0.1) is 11.8 Å². The van der Waals surface area contributed by atoms with Crippen molar-refractivity contribution in [3.05, 3.63) is 29.8 Å². The van der Waals surface area contributed by atoms with Crippen LogP contribution in [0.15, 0.2) is 24.3 Å². The molecule has 4 nitrogen and oxygen atoms in total. The molecule has 1 heterocycles. The zero-order chi connectivity index (χ0) is 13.9. The highest BCUT2D eigenvalue weighted by Gasteiger charge is 2.39. The van der Waals surface area contributed by atoms with Crippen molar-refractivity contribution < 1.29 is 19.3 Å². The first kappa shape index (κ1) is 13.9. The Hall–Kier alpha value is -1.10. The van der Waals surface area contributed by atoms with Crippen LogP contribution in [0.25, 0.3) is 0 Å². The number of ether oxygens (including phenoxy) is 3. The lowest BCUT2D eigenvalue weighted by Crippen LogP contribution is -2.18. The molecule has 1 saturated heterocycles. The van der Waals surface area contributed by atoms with Crippen molar-refractivity contribution in [3.63, 3.8) is 0 Å². The molecule has 0 amide bonds. The second kappa shape index (κ2) is 6.12. The van der Waals surface area contributed by atoms with Crippen LogP contribution >= 0.6 is 0 Å². The Morgan fingerprint density at radius 1 is 1.25 bits per heavy atom. The van der Waals surface area contributed by atoms with Gasteiger partial charge < -0.3 is 19.3 Å². The third-order valence-electron chi connectivity index (χ3n) is 4.47. The molecule has 2 fully saturated rings. The number of para-hydroxylation sites is 1. The lowest BCUT2D eigenvalue weighted by atomic mass is 10.0. The number of fused-ring (bicyclic) bond motifs is 1. The molecular weight excluding hydrogens is 256 g/mol. The summed E-state index contributed by atoms with van der Waals surface area (Å²) in [6, 6.07) is 7.73. The average Bonchev–Trinajstić information content (AvgIpc) is 3.05. The van der Waals surface area contributed by atoms with E-state index in [9.17, 15) is 5.11 Å². The van der Waals surface area contributed by atoms with Crippen molar-refractivity contribution >= 4 is 0 Å². The summed E-state index contributed by atoms with van der Waals surface area (Å²) in [4.78, 5) is 0. The fourth-order valence-corrected chi connectivity index (χ4v) is 3.43. The molecule has 1 aromatic rings. The van der Waals surface area contributed by atoms with Gasteiger partial charge in [0.25, 0.3) is 0 Å². The number of benzene rings is 1.